The fraction of sp³-hybridized carbons (Fsp3) is 0.778. The summed E-state index contributed by atoms with van der Waals surface area (Å²) in [6, 6.07) is -0.709. The minimum absolute atomic E-state index is 0.128. The largest absolute Gasteiger partial charge is 0.392 e. The van der Waals surface area contributed by atoms with Crippen molar-refractivity contribution < 1.29 is 14.3 Å². The minimum atomic E-state index is -0.709. The fourth-order valence-corrected chi connectivity index (χ4v) is 1.12. The van der Waals surface area contributed by atoms with Crippen molar-refractivity contribution in [3.63, 3.8) is 0 Å². The monoisotopic (exact) mass is 219 g/mol. The number of ether oxygens (including phenoxy) is 1. The van der Waals surface area contributed by atoms with Gasteiger partial charge in [0.15, 0.2) is 0 Å². The lowest BCUT2D eigenvalue weighted by Gasteiger charge is -2.11. The van der Waals surface area contributed by atoms with Gasteiger partial charge in [-0.05, 0) is 12.3 Å². The molecular weight excluding hydrogens is 202 g/mol. The molecule has 1 atom stereocenters. The third kappa shape index (κ3) is 5.99. The van der Waals surface area contributed by atoms with Gasteiger partial charge in [-0.3, -0.25) is 4.79 Å². The average Bonchev–Trinajstić information content (AvgIpc) is 2.02. The van der Waals surface area contributed by atoms with E-state index >= 15 is 0 Å². The zero-order chi connectivity index (χ0) is 11.1. The van der Waals surface area contributed by atoms with Gasteiger partial charge >= 0.3 is 11.9 Å². The number of nitrogens with two attached hydrogens (primary N) is 1. The molecule has 82 valence electrons. The van der Waals surface area contributed by atoms with Crippen molar-refractivity contribution in [2.75, 3.05) is 5.75 Å². The molecule has 0 unspecified atom stereocenters. The normalized spacial score (nSPS) is 12.6. The first-order chi connectivity index (χ1) is 6.47. The molecule has 0 aliphatic carbocycles. The van der Waals surface area contributed by atoms with Gasteiger partial charge < -0.3 is 10.5 Å². The van der Waals surface area contributed by atoms with Crippen LogP contribution in [0.1, 0.15) is 26.7 Å². The van der Waals surface area contributed by atoms with Crippen molar-refractivity contribution in [3.05, 3.63) is 0 Å². The molecule has 4 nitrogen and oxygen atoms in total. The van der Waals surface area contributed by atoms with E-state index in [4.69, 9.17) is 5.73 Å². The molecule has 0 radical (unpaired) electrons. The van der Waals surface area contributed by atoms with Crippen LogP contribution in [0, 0.1) is 5.92 Å². The molecule has 0 aliphatic heterocycles. The highest BCUT2D eigenvalue weighted by molar-refractivity contribution is 7.80. The van der Waals surface area contributed by atoms with E-state index in [2.05, 4.69) is 17.4 Å². The van der Waals surface area contributed by atoms with Crippen molar-refractivity contribution >= 4 is 24.6 Å². The predicted molar refractivity (Wildman–Crippen MR) is 57.0 cm³/mol. The summed E-state index contributed by atoms with van der Waals surface area (Å²) in [5.41, 5.74) is 5.52. The van der Waals surface area contributed by atoms with Gasteiger partial charge in [0, 0.05) is 5.75 Å². The lowest BCUT2D eigenvalue weighted by atomic mass is 10.1. The molecule has 0 bridgehead atoms. The molecule has 0 saturated carbocycles. The second kappa shape index (κ2) is 6.84. The van der Waals surface area contributed by atoms with Crippen LogP contribution in [0.5, 0.6) is 0 Å². The first-order valence-corrected chi connectivity index (χ1v) is 5.21. The Morgan fingerprint density at radius 2 is 2.00 bits per heavy atom. The third-order valence-corrected chi connectivity index (χ3v) is 1.78. The van der Waals surface area contributed by atoms with E-state index in [1.165, 1.54) is 0 Å². The Morgan fingerprint density at radius 1 is 1.43 bits per heavy atom. The van der Waals surface area contributed by atoms with E-state index in [0.717, 1.165) is 0 Å². The van der Waals surface area contributed by atoms with Crippen molar-refractivity contribution in [2.24, 2.45) is 11.7 Å². The van der Waals surface area contributed by atoms with Crippen LogP contribution in [0.2, 0.25) is 0 Å². The molecule has 0 fully saturated rings. The molecule has 0 aromatic heterocycles. The van der Waals surface area contributed by atoms with E-state index < -0.39 is 18.0 Å². The Bertz CT molecular complexity index is 206. The maximum atomic E-state index is 11.2. The van der Waals surface area contributed by atoms with Crippen LogP contribution < -0.4 is 5.73 Å². The number of esters is 2. The topological polar surface area (TPSA) is 69.4 Å². The summed E-state index contributed by atoms with van der Waals surface area (Å²) >= 11 is 3.85. The van der Waals surface area contributed by atoms with Crippen LogP contribution in [0.3, 0.4) is 0 Å². The molecule has 0 aliphatic rings. The number of carbonyl (C=O) groups is 2. The smallest absolute Gasteiger partial charge is 0.330 e. The summed E-state index contributed by atoms with van der Waals surface area (Å²) in [6.07, 6.45) is 0.649. The van der Waals surface area contributed by atoms with E-state index in [1.807, 2.05) is 13.8 Å². The van der Waals surface area contributed by atoms with Crippen LogP contribution in [-0.4, -0.2) is 23.7 Å². The molecule has 0 aromatic rings. The highest BCUT2D eigenvalue weighted by Gasteiger charge is 2.19. The Morgan fingerprint density at radius 3 is 2.43 bits per heavy atom. The zero-order valence-electron chi connectivity index (χ0n) is 8.53. The minimum Gasteiger partial charge on any atom is -0.392 e. The quantitative estimate of drug-likeness (QED) is 0.407. The van der Waals surface area contributed by atoms with E-state index in [0.29, 0.717) is 18.1 Å². The Balaban J connectivity index is 3.89. The van der Waals surface area contributed by atoms with Crippen molar-refractivity contribution in [1.29, 1.82) is 0 Å². The molecule has 0 spiro atoms. The summed E-state index contributed by atoms with van der Waals surface area (Å²) < 4.78 is 4.50. The van der Waals surface area contributed by atoms with Crippen LogP contribution in [0.4, 0.5) is 0 Å². The van der Waals surface area contributed by atoms with E-state index in [9.17, 15) is 9.59 Å². The summed E-state index contributed by atoms with van der Waals surface area (Å²) in [7, 11) is 0. The summed E-state index contributed by atoms with van der Waals surface area (Å²) in [6.45, 7) is 3.89. The first-order valence-electron chi connectivity index (χ1n) is 4.58. The maximum absolute atomic E-state index is 11.2. The molecule has 0 rings (SSSR count). The molecule has 5 heteroatoms. The summed E-state index contributed by atoms with van der Waals surface area (Å²) in [5, 5.41) is 0. The average molecular weight is 219 g/mol. The van der Waals surface area contributed by atoms with E-state index in [-0.39, 0.29) is 6.42 Å². The highest BCUT2D eigenvalue weighted by Crippen LogP contribution is 2.04. The van der Waals surface area contributed by atoms with Crippen LogP contribution in [-0.2, 0) is 14.3 Å². The van der Waals surface area contributed by atoms with Gasteiger partial charge in [0.2, 0.25) is 0 Å². The number of hydrogen-bond donors (Lipinski definition) is 2. The van der Waals surface area contributed by atoms with Gasteiger partial charge in [-0.25, -0.2) is 4.79 Å². The lowest BCUT2D eigenvalue weighted by molar-refractivity contribution is -0.160. The second-order valence-corrected chi connectivity index (χ2v) is 3.95. The maximum Gasteiger partial charge on any atom is 0.330 e. The molecule has 0 aromatic carbocycles. The standard InChI is InChI=1S/C9H17NO3S/c1-6(2)5-7(10)9(12)13-8(11)3-4-14/h6-7,14H,3-5,10H2,1-2H3/t7-/m0/s1. The Hall–Kier alpha value is -0.550. The van der Waals surface area contributed by atoms with Gasteiger partial charge in [-0.15, -0.1) is 0 Å². The zero-order valence-corrected chi connectivity index (χ0v) is 9.42. The summed E-state index contributed by atoms with van der Waals surface area (Å²) in [4.78, 5) is 22.1. The fourth-order valence-electron chi connectivity index (χ4n) is 0.934. The molecule has 0 heterocycles. The van der Waals surface area contributed by atoms with Crippen molar-refractivity contribution in [2.45, 2.75) is 32.7 Å². The van der Waals surface area contributed by atoms with E-state index in [1.54, 1.807) is 0 Å². The Kier molecular flexibility index (Phi) is 6.57. The van der Waals surface area contributed by atoms with Gasteiger partial charge in [0.05, 0.1) is 6.42 Å². The van der Waals surface area contributed by atoms with Gasteiger partial charge in [0.1, 0.15) is 6.04 Å². The van der Waals surface area contributed by atoms with Crippen LogP contribution in [0.25, 0.3) is 0 Å². The molecule has 0 amide bonds. The van der Waals surface area contributed by atoms with Gasteiger partial charge in [-0.2, -0.15) is 12.6 Å². The predicted octanol–water partition coefficient (Wildman–Crippen LogP) is 0.749. The van der Waals surface area contributed by atoms with Crippen LogP contribution >= 0.6 is 12.6 Å². The SMILES string of the molecule is CC(C)C[C@H](N)C(=O)OC(=O)CCS. The third-order valence-electron chi connectivity index (χ3n) is 1.56. The highest BCUT2D eigenvalue weighted by atomic mass is 32.1. The number of thiol groups is 1. The molecular formula is C9H17NO3S. The number of rotatable bonds is 5. The number of hydrogen-bond acceptors (Lipinski definition) is 5. The van der Waals surface area contributed by atoms with Crippen molar-refractivity contribution in [3.8, 4) is 0 Å². The molecule has 2 N–H and O–H groups in total. The second-order valence-electron chi connectivity index (χ2n) is 3.50. The van der Waals surface area contributed by atoms with Gasteiger partial charge in [-0.1, -0.05) is 13.8 Å². The summed E-state index contributed by atoms with van der Waals surface area (Å²) in [5.74, 6) is -0.543. The van der Waals surface area contributed by atoms with Crippen molar-refractivity contribution in [1.82, 2.24) is 0 Å². The lowest BCUT2D eigenvalue weighted by Crippen LogP contribution is -2.35. The van der Waals surface area contributed by atoms with Crippen LogP contribution in [0.15, 0.2) is 0 Å². The first kappa shape index (κ1) is 13.4. The molecule has 14 heavy (non-hydrogen) atoms. The Labute approximate surface area is 89.6 Å². The van der Waals surface area contributed by atoms with Gasteiger partial charge in [0.25, 0.3) is 0 Å². The number of carbonyl (C=O) groups excluding carboxylic acids is 2. The molecule has 0 saturated heterocycles.